The van der Waals surface area contributed by atoms with Crippen LogP contribution in [0.5, 0.6) is 0 Å². The van der Waals surface area contributed by atoms with Crippen LogP contribution in [0.15, 0.2) is 29.2 Å². The first-order valence-corrected chi connectivity index (χ1v) is 6.81. The molecule has 0 spiro atoms. The fraction of sp³-hybridized carbons (Fsp3) is 0.538. The summed E-state index contributed by atoms with van der Waals surface area (Å²) in [6, 6.07) is 7.57. The Labute approximate surface area is 101 Å². The Morgan fingerprint density at radius 2 is 2.31 bits per heavy atom. The van der Waals surface area contributed by atoms with E-state index in [4.69, 9.17) is 0 Å². The standard InChI is InChI=1S/C13H18FNS/c1-2-15-11-6-7-13(9-11)16-12-5-3-4-10(14)8-12/h3-5,8,11,13,15H,2,6-7,9H2,1H3. The molecular weight excluding hydrogens is 221 g/mol. The van der Waals surface area contributed by atoms with Gasteiger partial charge in [0.25, 0.3) is 0 Å². The lowest BCUT2D eigenvalue weighted by atomic mass is 10.2. The Hall–Kier alpha value is -0.540. The van der Waals surface area contributed by atoms with Crippen molar-refractivity contribution in [1.29, 1.82) is 0 Å². The van der Waals surface area contributed by atoms with E-state index in [2.05, 4.69) is 12.2 Å². The molecule has 0 aliphatic heterocycles. The van der Waals surface area contributed by atoms with Crippen molar-refractivity contribution < 1.29 is 4.39 Å². The molecular formula is C13H18FNS. The zero-order valence-electron chi connectivity index (χ0n) is 9.58. The molecule has 0 saturated heterocycles. The Bertz CT molecular complexity index is 342. The molecule has 1 aliphatic rings. The highest BCUT2D eigenvalue weighted by Crippen LogP contribution is 2.34. The van der Waals surface area contributed by atoms with Crippen molar-refractivity contribution in [2.75, 3.05) is 6.54 Å². The third kappa shape index (κ3) is 3.22. The minimum Gasteiger partial charge on any atom is -0.314 e. The van der Waals surface area contributed by atoms with Crippen LogP contribution in [0.1, 0.15) is 26.2 Å². The molecule has 1 nitrogen and oxygen atoms in total. The van der Waals surface area contributed by atoms with Crippen LogP contribution in [-0.4, -0.2) is 17.8 Å². The van der Waals surface area contributed by atoms with Crippen molar-refractivity contribution in [3.63, 3.8) is 0 Å². The smallest absolute Gasteiger partial charge is 0.124 e. The highest BCUT2D eigenvalue weighted by molar-refractivity contribution is 8.00. The molecule has 1 aromatic carbocycles. The third-order valence-corrected chi connectivity index (χ3v) is 4.26. The largest absolute Gasteiger partial charge is 0.314 e. The number of benzene rings is 1. The first-order chi connectivity index (χ1) is 7.78. The van der Waals surface area contributed by atoms with Crippen LogP contribution in [0.25, 0.3) is 0 Å². The van der Waals surface area contributed by atoms with Gasteiger partial charge in [-0.2, -0.15) is 0 Å². The van der Waals surface area contributed by atoms with E-state index in [1.165, 1.54) is 25.3 Å². The third-order valence-electron chi connectivity index (χ3n) is 2.98. The van der Waals surface area contributed by atoms with Crippen molar-refractivity contribution in [2.24, 2.45) is 0 Å². The zero-order chi connectivity index (χ0) is 11.4. The van der Waals surface area contributed by atoms with Crippen molar-refractivity contribution in [3.8, 4) is 0 Å². The minimum absolute atomic E-state index is 0.133. The number of thioether (sulfide) groups is 1. The van der Waals surface area contributed by atoms with Gasteiger partial charge >= 0.3 is 0 Å². The summed E-state index contributed by atoms with van der Waals surface area (Å²) in [5.74, 6) is -0.133. The minimum atomic E-state index is -0.133. The number of hydrogen-bond acceptors (Lipinski definition) is 2. The fourth-order valence-corrected chi connectivity index (χ4v) is 3.56. The van der Waals surface area contributed by atoms with Gasteiger partial charge in [0.1, 0.15) is 5.82 Å². The van der Waals surface area contributed by atoms with Gasteiger partial charge in [0, 0.05) is 16.2 Å². The highest BCUT2D eigenvalue weighted by atomic mass is 32.2. The molecule has 0 heterocycles. The maximum Gasteiger partial charge on any atom is 0.124 e. The summed E-state index contributed by atoms with van der Waals surface area (Å²) >= 11 is 1.81. The predicted molar refractivity (Wildman–Crippen MR) is 67.4 cm³/mol. The van der Waals surface area contributed by atoms with Gasteiger partial charge in [0.2, 0.25) is 0 Å². The van der Waals surface area contributed by atoms with Gasteiger partial charge in [0.05, 0.1) is 0 Å². The molecule has 1 N–H and O–H groups in total. The monoisotopic (exact) mass is 239 g/mol. The molecule has 2 atom stereocenters. The second-order valence-electron chi connectivity index (χ2n) is 4.26. The van der Waals surface area contributed by atoms with Crippen molar-refractivity contribution in [1.82, 2.24) is 5.32 Å². The SMILES string of the molecule is CCNC1CCC(Sc2cccc(F)c2)C1. The summed E-state index contributed by atoms with van der Waals surface area (Å²) in [4.78, 5) is 1.06. The van der Waals surface area contributed by atoms with Gasteiger partial charge in [-0.15, -0.1) is 11.8 Å². The lowest BCUT2D eigenvalue weighted by Gasteiger charge is -2.11. The van der Waals surface area contributed by atoms with Crippen LogP contribution < -0.4 is 5.32 Å². The molecule has 1 aliphatic carbocycles. The molecule has 0 radical (unpaired) electrons. The molecule has 88 valence electrons. The van der Waals surface area contributed by atoms with Crippen molar-refractivity contribution in [3.05, 3.63) is 30.1 Å². The molecule has 3 heteroatoms. The number of rotatable bonds is 4. The van der Waals surface area contributed by atoms with Crippen LogP contribution in [-0.2, 0) is 0 Å². The normalized spacial score (nSPS) is 24.9. The van der Waals surface area contributed by atoms with E-state index in [0.29, 0.717) is 11.3 Å². The molecule has 0 aromatic heterocycles. The van der Waals surface area contributed by atoms with Crippen LogP contribution in [0, 0.1) is 5.82 Å². The van der Waals surface area contributed by atoms with Crippen LogP contribution in [0.3, 0.4) is 0 Å². The first-order valence-electron chi connectivity index (χ1n) is 5.93. The van der Waals surface area contributed by atoms with Crippen molar-refractivity contribution in [2.45, 2.75) is 42.4 Å². The van der Waals surface area contributed by atoms with Crippen LogP contribution in [0.2, 0.25) is 0 Å². The maximum atomic E-state index is 13.0. The average Bonchev–Trinajstić information content (AvgIpc) is 2.66. The van der Waals surface area contributed by atoms with Gasteiger partial charge in [-0.25, -0.2) is 4.39 Å². The summed E-state index contributed by atoms with van der Waals surface area (Å²) in [7, 11) is 0. The number of hydrogen-bond donors (Lipinski definition) is 1. The second-order valence-corrected chi connectivity index (χ2v) is 5.64. The molecule has 1 saturated carbocycles. The van der Waals surface area contributed by atoms with Gasteiger partial charge < -0.3 is 5.32 Å². The zero-order valence-corrected chi connectivity index (χ0v) is 10.4. The van der Waals surface area contributed by atoms with E-state index in [9.17, 15) is 4.39 Å². The van der Waals surface area contributed by atoms with Gasteiger partial charge in [0.15, 0.2) is 0 Å². The predicted octanol–water partition coefficient (Wildman–Crippen LogP) is 3.45. The van der Waals surface area contributed by atoms with E-state index < -0.39 is 0 Å². The summed E-state index contributed by atoms with van der Waals surface area (Å²) in [6.45, 7) is 3.19. The van der Waals surface area contributed by atoms with Gasteiger partial charge in [-0.1, -0.05) is 13.0 Å². The number of nitrogens with one attached hydrogen (secondary N) is 1. The molecule has 2 rings (SSSR count). The Morgan fingerprint density at radius 1 is 1.44 bits per heavy atom. The quantitative estimate of drug-likeness (QED) is 0.863. The topological polar surface area (TPSA) is 12.0 Å². The maximum absolute atomic E-state index is 13.0. The van der Waals surface area contributed by atoms with Crippen LogP contribution in [0.4, 0.5) is 4.39 Å². The summed E-state index contributed by atoms with van der Waals surface area (Å²) in [6.07, 6.45) is 3.69. The lowest BCUT2D eigenvalue weighted by Crippen LogP contribution is -2.26. The molecule has 2 unspecified atom stereocenters. The van der Waals surface area contributed by atoms with E-state index in [-0.39, 0.29) is 5.82 Å². The summed E-state index contributed by atoms with van der Waals surface area (Å²) < 4.78 is 13.0. The van der Waals surface area contributed by atoms with Gasteiger partial charge in [-0.05, 0) is 44.0 Å². The number of halogens is 1. The molecule has 16 heavy (non-hydrogen) atoms. The molecule has 1 aromatic rings. The van der Waals surface area contributed by atoms with Crippen molar-refractivity contribution >= 4 is 11.8 Å². The van der Waals surface area contributed by atoms with E-state index in [1.54, 1.807) is 12.1 Å². The Kier molecular flexibility index (Phi) is 4.24. The molecule has 0 bridgehead atoms. The highest BCUT2D eigenvalue weighted by Gasteiger charge is 2.24. The Balaban J connectivity index is 1.87. The van der Waals surface area contributed by atoms with Gasteiger partial charge in [-0.3, -0.25) is 0 Å². The first kappa shape index (κ1) is 11.9. The molecule has 1 fully saturated rings. The summed E-state index contributed by atoms with van der Waals surface area (Å²) in [5, 5.41) is 4.13. The Morgan fingerprint density at radius 3 is 3.06 bits per heavy atom. The van der Waals surface area contributed by atoms with E-state index in [0.717, 1.165) is 11.4 Å². The van der Waals surface area contributed by atoms with E-state index >= 15 is 0 Å². The van der Waals surface area contributed by atoms with E-state index in [1.807, 2.05) is 17.8 Å². The molecule has 0 amide bonds. The fourth-order valence-electron chi connectivity index (χ4n) is 2.25. The lowest BCUT2D eigenvalue weighted by molar-refractivity contribution is 0.543. The second kappa shape index (κ2) is 5.69. The summed E-state index contributed by atoms with van der Waals surface area (Å²) in [5.41, 5.74) is 0. The average molecular weight is 239 g/mol. The van der Waals surface area contributed by atoms with Crippen LogP contribution >= 0.6 is 11.8 Å².